The van der Waals surface area contributed by atoms with Crippen LogP contribution in [0.15, 0.2) is 36.3 Å². The summed E-state index contributed by atoms with van der Waals surface area (Å²) in [5.74, 6) is 0.770. The summed E-state index contributed by atoms with van der Waals surface area (Å²) in [4.78, 5) is 35.5. The van der Waals surface area contributed by atoms with E-state index in [1.54, 1.807) is 12.1 Å². The van der Waals surface area contributed by atoms with Crippen molar-refractivity contribution in [1.82, 2.24) is 30.2 Å². The van der Waals surface area contributed by atoms with Crippen LogP contribution in [0.5, 0.6) is 0 Å². The smallest absolute Gasteiger partial charge is 0.256 e. The van der Waals surface area contributed by atoms with Crippen LogP contribution < -0.4 is 27.0 Å². The van der Waals surface area contributed by atoms with Crippen molar-refractivity contribution in [3.8, 4) is 0 Å². The van der Waals surface area contributed by atoms with Crippen molar-refractivity contribution in [2.45, 2.75) is 47.6 Å². The van der Waals surface area contributed by atoms with E-state index >= 15 is 0 Å². The Kier molecular flexibility index (Phi) is 8.19. The second-order valence-corrected chi connectivity index (χ2v) is 11.3. The third-order valence-electron chi connectivity index (χ3n) is 6.99. The molecule has 7 N–H and O–H groups in total. The van der Waals surface area contributed by atoms with Crippen molar-refractivity contribution in [3.63, 3.8) is 0 Å². The standard InChI is InChI=1S/C28H39N11O/c1-16(2)38-9-11-39(12-10-38)27-36-23-22(24(31)37-27)32-15-33-25(23)34-19-13-18(8-7-17(19)3)26(40)35-21(30)14-20(29)28(4,5)6/h7-8,13-16H,9-12,29H2,1-6H3,(H2,30,35,40)(H2,31,36,37)(H,32,33,34). The number of nitrogen functional groups attached to an aromatic ring is 1. The molecule has 1 aliphatic heterocycles. The van der Waals surface area contributed by atoms with Gasteiger partial charge in [-0.15, -0.1) is 0 Å². The third kappa shape index (κ3) is 6.45. The summed E-state index contributed by atoms with van der Waals surface area (Å²) < 4.78 is 0. The Balaban J connectivity index is 1.59. The van der Waals surface area contributed by atoms with Crippen LogP contribution in [0, 0.1) is 17.7 Å². The molecule has 0 aliphatic carbocycles. The summed E-state index contributed by atoms with van der Waals surface area (Å²) in [7, 11) is 0. The lowest BCUT2D eigenvalue weighted by molar-refractivity contribution is 0.0977. The summed E-state index contributed by atoms with van der Waals surface area (Å²) in [6.45, 7) is 15.6. The highest BCUT2D eigenvalue weighted by Gasteiger charge is 2.23. The Hall–Kier alpha value is -4.32. The molecule has 1 fully saturated rings. The SMILES string of the molecule is Cc1ccc(C(=O)NC(=N)C=C(N)C(C)(C)C)cc1Nc1ncnc2c(N)nc(N3CCN(C(C)C)CC3)nc12. The van der Waals surface area contributed by atoms with Crippen molar-refractivity contribution in [3.05, 3.63) is 47.4 Å². The summed E-state index contributed by atoms with van der Waals surface area (Å²) in [6.07, 6.45) is 2.87. The van der Waals surface area contributed by atoms with E-state index in [4.69, 9.17) is 21.9 Å². The zero-order valence-electron chi connectivity index (χ0n) is 24.0. The van der Waals surface area contributed by atoms with Crippen molar-refractivity contribution >= 4 is 46.0 Å². The van der Waals surface area contributed by atoms with Crippen LogP contribution in [0.1, 0.15) is 50.5 Å². The molecule has 12 heteroatoms. The minimum Gasteiger partial charge on any atom is -0.401 e. The number of rotatable bonds is 6. The number of carbonyl (C=O) groups is 1. The van der Waals surface area contributed by atoms with Crippen molar-refractivity contribution in [1.29, 1.82) is 5.41 Å². The highest BCUT2D eigenvalue weighted by Crippen LogP contribution is 2.28. The minimum atomic E-state index is -0.423. The molecule has 0 atom stereocenters. The van der Waals surface area contributed by atoms with Gasteiger partial charge in [-0.05, 0) is 44.5 Å². The normalized spacial score (nSPS) is 15.0. The molecule has 3 aromatic rings. The molecular weight excluding hydrogens is 506 g/mol. The van der Waals surface area contributed by atoms with E-state index in [2.05, 4.69) is 49.2 Å². The van der Waals surface area contributed by atoms with Gasteiger partial charge in [0.15, 0.2) is 11.6 Å². The van der Waals surface area contributed by atoms with Gasteiger partial charge in [0.2, 0.25) is 5.95 Å². The van der Waals surface area contributed by atoms with E-state index in [0.717, 1.165) is 31.7 Å². The lowest BCUT2D eigenvalue weighted by Crippen LogP contribution is -2.49. The number of hydrogen-bond donors (Lipinski definition) is 5. The number of carbonyl (C=O) groups excluding carboxylic acids is 1. The second-order valence-electron chi connectivity index (χ2n) is 11.3. The van der Waals surface area contributed by atoms with Crippen LogP contribution >= 0.6 is 0 Å². The van der Waals surface area contributed by atoms with Crippen LogP contribution in [0.4, 0.5) is 23.3 Å². The fraction of sp³-hybridized carbons (Fsp3) is 0.429. The maximum atomic E-state index is 12.9. The molecule has 1 aliphatic rings. The molecule has 1 aromatic carbocycles. The van der Waals surface area contributed by atoms with Crippen LogP contribution in [0.3, 0.4) is 0 Å². The van der Waals surface area contributed by atoms with Crippen molar-refractivity contribution in [2.24, 2.45) is 11.1 Å². The molecule has 2 aromatic heterocycles. The lowest BCUT2D eigenvalue weighted by Gasteiger charge is -2.37. The van der Waals surface area contributed by atoms with Gasteiger partial charge in [-0.3, -0.25) is 15.1 Å². The topological polar surface area (TPSA) is 175 Å². The monoisotopic (exact) mass is 545 g/mol. The molecule has 0 saturated carbocycles. The first-order chi connectivity index (χ1) is 18.8. The summed E-state index contributed by atoms with van der Waals surface area (Å²) in [6, 6.07) is 5.72. The fourth-order valence-corrected chi connectivity index (χ4v) is 4.26. The predicted octanol–water partition coefficient (Wildman–Crippen LogP) is 3.18. The number of hydrogen-bond acceptors (Lipinski definition) is 11. The summed E-state index contributed by atoms with van der Waals surface area (Å²) in [5, 5.41) is 14.0. The van der Waals surface area contributed by atoms with Crippen molar-refractivity contribution in [2.75, 3.05) is 42.1 Å². The van der Waals surface area contributed by atoms with Crippen LogP contribution in [0.25, 0.3) is 11.0 Å². The lowest BCUT2D eigenvalue weighted by atomic mass is 9.92. The zero-order valence-corrected chi connectivity index (χ0v) is 24.0. The van der Waals surface area contributed by atoms with Crippen molar-refractivity contribution < 1.29 is 4.79 Å². The second kappa shape index (κ2) is 11.4. The Bertz CT molecular complexity index is 1450. The number of nitrogens with two attached hydrogens (primary N) is 2. The molecule has 1 amide bonds. The first kappa shape index (κ1) is 28.7. The molecule has 3 heterocycles. The maximum absolute atomic E-state index is 12.9. The van der Waals surface area contributed by atoms with Crippen LogP contribution in [-0.2, 0) is 0 Å². The number of aryl methyl sites for hydroxylation is 1. The number of amidine groups is 1. The molecule has 4 rings (SSSR count). The van der Waals surface area contributed by atoms with Gasteiger partial charge in [-0.2, -0.15) is 4.98 Å². The highest BCUT2D eigenvalue weighted by atomic mass is 16.1. The third-order valence-corrected chi connectivity index (χ3v) is 6.99. The molecule has 0 bridgehead atoms. The molecule has 1 saturated heterocycles. The molecule has 40 heavy (non-hydrogen) atoms. The molecule has 0 unspecified atom stereocenters. The average molecular weight is 546 g/mol. The van der Waals surface area contributed by atoms with E-state index in [1.165, 1.54) is 12.4 Å². The predicted molar refractivity (Wildman–Crippen MR) is 160 cm³/mol. The largest absolute Gasteiger partial charge is 0.401 e. The number of nitrogens with one attached hydrogen (secondary N) is 3. The Morgan fingerprint density at radius 1 is 1.10 bits per heavy atom. The first-order valence-corrected chi connectivity index (χ1v) is 13.4. The number of anilines is 4. The van der Waals surface area contributed by atoms with Gasteiger partial charge in [0.1, 0.15) is 23.2 Å². The minimum absolute atomic E-state index is 0.0803. The number of amides is 1. The zero-order chi connectivity index (χ0) is 29.2. The van der Waals surface area contributed by atoms with E-state index in [1.807, 2.05) is 33.8 Å². The molecule has 212 valence electrons. The number of fused-ring (bicyclic) bond motifs is 1. The van der Waals surface area contributed by atoms with E-state index < -0.39 is 5.91 Å². The first-order valence-electron chi connectivity index (χ1n) is 13.4. The number of aromatic nitrogens is 4. The van der Waals surface area contributed by atoms with Gasteiger partial charge < -0.3 is 27.0 Å². The van der Waals surface area contributed by atoms with E-state index in [0.29, 0.717) is 45.8 Å². The molecular formula is C28H39N11O. The van der Waals surface area contributed by atoms with E-state index in [9.17, 15) is 4.79 Å². The maximum Gasteiger partial charge on any atom is 0.256 e. The molecule has 0 spiro atoms. The number of nitrogens with zero attached hydrogens (tertiary/aromatic N) is 6. The number of piperazine rings is 1. The van der Waals surface area contributed by atoms with Gasteiger partial charge in [0, 0.05) is 54.6 Å². The highest BCUT2D eigenvalue weighted by molar-refractivity contribution is 6.09. The van der Waals surface area contributed by atoms with Crippen LogP contribution in [0.2, 0.25) is 0 Å². The van der Waals surface area contributed by atoms with Gasteiger partial charge in [-0.1, -0.05) is 26.8 Å². The Morgan fingerprint density at radius 3 is 2.45 bits per heavy atom. The van der Waals surface area contributed by atoms with Gasteiger partial charge in [0.05, 0.1) is 0 Å². The van der Waals surface area contributed by atoms with Gasteiger partial charge in [0.25, 0.3) is 5.91 Å². The summed E-state index contributed by atoms with van der Waals surface area (Å²) >= 11 is 0. The van der Waals surface area contributed by atoms with E-state index in [-0.39, 0.29) is 17.1 Å². The van der Waals surface area contributed by atoms with Gasteiger partial charge in [-0.25, -0.2) is 15.0 Å². The van der Waals surface area contributed by atoms with Crippen LogP contribution in [-0.4, -0.2) is 68.8 Å². The quantitative estimate of drug-likeness (QED) is 0.228. The molecule has 12 nitrogen and oxygen atoms in total. The Labute approximate surface area is 234 Å². The number of benzene rings is 1. The number of allylic oxidation sites excluding steroid dienone is 1. The average Bonchev–Trinajstić information content (AvgIpc) is 2.89. The van der Waals surface area contributed by atoms with Gasteiger partial charge >= 0.3 is 0 Å². The molecule has 0 radical (unpaired) electrons. The summed E-state index contributed by atoms with van der Waals surface area (Å²) in [5.41, 5.74) is 15.4. The fourth-order valence-electron chi connectivity index (χ4n) is 4.26. The Morgan fingerprint density at radius 2 is 1.80 bits per heavy atom.